The van der Waals surface area contributed by atoms with E-state index in [2.05, 4.69) is 62.0 Å². The highest BCUT2D eigenvalue weighted by molar-refractivity contribution is 7.26. The van der Waals surface area contributed by atoms with E-state index in [9.17, 15) is 0 Å². The van der Waals surface area contributed by atoms with Gasteiger partial charge in [0.05, 0.1) is 0 Å². The van der Waals surface area contributed by atoms with E-state index in [0.29, 0.717) is 0 Å². The molecule has 18 heavy (non-hydrogen) atoms. The van der Waals surface area contributed by atoms with E-state index in [1.807, 2.05) is 17.4 Å². The average Bonchev–Trinajstić information content (AvgIpc) is 2.80. The zero-order valence-corrected chi connectivity index (χ0v) is 11.1. The smallest absolute Gasteiger partial charge is 0.0433 e. The van der Waals surface area contributed by atoms with Gasteiger partial charge in [-0.15, -0.1) is 11.3 Å². The highest BCUT2D eigenvalue weighted by Gasteiger charge is 2.09. The summed E-state index contributed by atoms with van der Waals surface area (Å²) < 4.78 is 2.70. The lowest BCUT2D eigenvalue weighted by atomic mass is 10.0. The van der Waals surface area contributed by atoms with Gasteiger partial charge in [0.1, 0.15) is 0 Å². The van der Waals surface area contributed by atoms with Gasteiger partial charge in [-0.2, -0.15) is 0 Å². The molecule has 1 heteroatoms. The van der Waals surface area contributed by atoms with Gasteiger partial charge in [0, 0.05) is 20.2 Å². The SMILES string of the molecule is C=CC(=CC)c1cccc2c1sc1ccccc12. The molecular formula is C17H14S. The van der Waals surface area contributed by atoms with Crippen LogP contribution in [0.4, 0.5) is 0 Å². The fourth-order valence-electron chi connectivity index (χ4n) is 2.36. The van der Waals surface area contributed by atoms with Gasteiger partial charge in [0.15, 0.2) is 0 Å². The minimum atomic E-state index is 1.20. The van der Waals surface area contributed by atoms with E-state index < -0.39 is 0 Å². The molecule has 0 fully saturated rings. The second kappa shape index (κ2) is 4.43. The van der Waals surface area contributed by atoms with E-state index in [4.69, 9.17) is 0 Å². The van der Waals surface area contributed by atoms with Crippen molar-refractivity contribution < 1.29 is 0 Å². The van der Waals surface area contributed by atoms with Crippen molar-refractivity contribution in [3.05, 3.63) is 66.8 Å². The van der Waals surface area contributed by atoms with Crippen LogP contribution in [0.3, 0.4) is 0 Å². The molecule has 2 aromatic carbocycles. The van der Waals surface area contributed by atoms with E-state index >= 15 is 0 Å². The normalized spacial score (nSPS) is 12.2. The average molecular weight is 250 g/mol. The summed E-state index contributed by atoms with van der Waals surface area (Å²) in [4.78, 5) is 0. The molecule has 3 rings (SSSR count). The molecule has 0 saturated heterocycles. The fraction of sp³-hybridized carbons (Fsp3) is 0.0588. The van der Waals surface area contributed by atoms with Crippen LogP contribution in [-0.2, 0) is 0 Å². The summed E-state index contributed by atoms with van der Waals surface area (Å²) in [5.41, 5.74) is 2.48. The molecule has 3 aromatic rings. The van der Waals surface area contributed by atoms with Crippen molar-refractivity contribution in [2.75, 3.05) is 0 Å². The van der Waals surface area contributed by atoms with Crippen molar-refractivity contribution in [1.29, 1.82) is 0 Å². The van der Waals surface area contributed by atoms with Crippen LogP contribution in [-0.4, -0.2) is 0 Å². The number of allylic oxidation sites excluding steroid dienone is 3. The third-order valence-corrected chi connectivity index (χ3v) is 4.47. The summed E-state index contributed by atoms with van der Waals surface area (Å²) in [6, 6.07) is 15.1. The minimum absolute atomic E-state index is 1.20. The first kappa shape index (κ1) is 11.2. The molecule has 0 amide bonds. The molecule has 0 aliphatic heterocycles. The molecule has 0 aliphatic carbocycles. The monoisotopic (exact) mass is 250 g/mol. The molecule has 0 N–H and O–H groups in total. The van der Waals surface area contributed by atoms with Crippen LogP contribution in [0.2, 0.25) is 0 Å². The quantitative estimate of drug-likeness (QED) is 0.516. The molecule has 0 atom stereocenters. The lowest BCUT2D eigenvalue weighted by Crippen LogP contribution is -1.79. The highest BCUT2D eigenvalue weighted by Crippen LogP contribution is 2.38. The third kappa shape index (κ3) is 1.59. The van der Waals surface area contributed by atoms with Crippen LogP contribution in [0.1, 0.15) is 12.5 Å². The predicted molar refractivity (Wildman–Crippen MR) is 83.2 cm³/mol. The Morgan fingerprint density at radius 3 is 2.61 bits per heavy atom. The fourth-order valence-corrected chi connectivity index (χ4v) is 3.60. The van der Waals surface area contributed by atoms with Gasteiger partial charge >= 0.3 is 0 Å². The van der Waals surface area contributed by atoms with Crippen molar-refractivity contribution in [2.45, 2.75) is 6.92 Å². The van der Waals surface area contributed by atoms with Crippen molar-refractivity contribution >= 4 is 37.1 Å². The Bertz CT molecular complexity index is 759. The number of hydrogen-bond acceptors (Lipinski definition) is 1. The van der Waals surface area contributed by atoms with Gasteiger partial charge in [-0.3, -0.25) is 0 Å². The standard InChI is InChI=1S/C17H14S/c1-3-12(4-2)13-9-7-10-15-14-8-5-6-11-16(14)18-17(13)15/h3-11H,1H2,2H3. The molecule has 1 heterocycles. The predicted octanol–water partition coefficient (Wildman–Crippen LogP) is 5.64. The Hall–Kier alpha value is -1.86. The lowest BCUT2D eigenvalue weighted by molar-refractivity contribution is 1.68. The molecule has 0 unspecified atom stereocenters. The summed E-state index contributed by atoms with van der Waals surface area (Å²) >= 11 is 1.86. The Labute approximate surface area is 111 Å². The van der Waals surface area contributed by atoms with Gasteiger partial charge in [0.25, 0.3) is 0 Å². The summed E-state index contributed by atoms with van der Waals surface area (Å²) in [7, 11) is 0. The van der Waals surface area contributed by atoms with Crippen molar-refractivity contribution in [3.63, 3.8) is 0 Å². The minimum Gasteiger partial charge on any atom is -0.135 e. The lowest BCUT2D eigenvalue weighted by Gasteiger charge is -2.03. The topological polar surface area (TPSA) is 0 Å². The van der Waals surface area contributed by atoms with E-state index in [0.717, 1.165) is 0 Å². The largest absolute Gasteiger partial charge is 0.135 e. The first-order valence-electron chi connectivity index (χ1n) is 6.04. The highest BCUT2D eigenvalue weighted by atomic mass is 32.1. The Kier molecular flexibility index (Phi) is 2.77. The molecule has 0 nitrogen and oxygen atoms in total. The van der Waals surface area contributed by atoms with E-state index in [-0.39, 0.29) is 0 Å². The Morgan fingerprint density at radius 1 is 1.06 bits per heavy atom. The first-order chi connectivity index (χ1) is 8.85. The zero-order valence-electron chi connectivity index (χ0n) is 10.3. The van der Waals surface area contributed by atoms with Crippen LogP contribution >= 0.6 is 11.3 Å². The van der Waals surface area contributed by atoms with Crippen LogP contribution in [0.15, 0.2) is 61.2 Å². The van der Waals surface area contributed by atoms with Crippen molar-refractivity contribution in [2.24, 2.45) is 0 Å². The summed E-state index contributed by atoms with van der Waals surface area (Å²) in [6.07, 6.45) is 4.05. The van der Waals surface area contributed by atoms with Crippen LogP contribution in [0.5, 0.6) is 0 Å². The maximum absolute atomic E-state index is 3.91. The summed E-state index contributed by atoms with van der Waals surface area (Å²) in [5, 5.41) is 2.69. The van der Waals surface area contributed by atoms with Crippen molar-refractivity contribution in [1.82, 2.24) is 0 Å². The molecule has 0 aliphatic rings. The second-order valence-electron chi connectivity index (χ2n) is 4.23. The van der Waals surface area contributed by atoms with Crippen LogP contribution in [0, 0.1) is 0 Å². The molecule has 0 spiro atoms. The van der Waals surface area contributed by atoms with Crippen LogP contribution in [0.25, 0.3) is 25.7 Å². The molecule has 88 valence electrons. The van der Waals surface area contributed by atoms with Gasteiger partial charge in [-0.25, -0.2) is 0 Å². The van der Waals surface area contributed by atoms with Gasteiger partial charge in [0.2, 0.25) is 0 Å². The van der Waals surface area contributed by atoms with Crippen molar-refractivity contribution in [3.8, 4) is 0 Å². The maximum Gasteiger partial charge on any atom is 0.0433 e. The van der Waals surface area contributed by atoms with E-state index in [1.54, 1.807) is 0 Å². The number of fused-ring (bicyclic) bond motifs is 3. The first-order valence-corrected chi connectivity index (χ1v) is 6.86. The molecule has 0 saturated carbocycles. The third-order valence-electron chi connectivity index (χ3n) is 3.25. The second-order valence-corrected chi connectivity index (χ2v) is 5.28. The van der Waals surface area contributed by atoms with E-state index in [1.165, 1.54) is 31.3 Å². The number of rotatable bonds is 2. The number of thiophene rings is 1. The van der Waals surface area contributed by atoms with Gasteiger partial charge in [-0.1, -0.05) is 55.1 Å². The Morgan fingerprint density at radius 2 is 1.83 bits per heavy atom. The molecule has 1 aromatic heterocycles. The van der Waals surface area contributed by atoms with Crippen LogP contribution < -0.4 is 0 Å². The molecule has 0 radical (unpaired) electrons. The zero-order chi connectivity index (χ0) is 12.5. The van der Waals surface area contributed by atoms with Gasteiger partial charge < -0.3 is 0 Å². The number of benzene rings is 2. The maximum atomic E-state index is 3.91. The molecular weight excluding hydrogens is 236 g/mol. The molecule has 0 bridgehead atoms. The summed E-state index contributed by atoms with van der Waals surface area (Å²) in [5.74, 6) is 0. The van der Waals surface area contributed by atoms with Gasteiger partial charge in [-0.05, 0) is 24.1 Å². The Balaban J connectivity index is 2.45. The number of hydrogen-bond donors (Lipinski definition) is 0. The summed E-state index contributed by atoms with van der Waals surface area (Å²) in [6.45, 7) is 5.96.